The van der Waals surface area contributed by atoms with Crippen molar-refractivity contribution in [1.29, 1.82) is 0 Å². The normalized spacial score (nSPS) is 10.7. The zero-order valence-corrected chi connectivity index (χ0v) is 11.9. The molecule has 0 aliphatic carbocycles. The molecule has 2 heterocycles. The zero-order valence-electron chi connectivity index (χ0n) is 10.3. The summed E-state index contributed by atoms with van der Waals surface area (Å²) in [6.45, 7) is 4.69. The van der Waals surface area contributed by atoms with Crippen LogP contribution in [0, 0.1) is 0 Å². The van der Waals surface area contributed by atoms with Crippen LogP contribution in [0.25, 0.3) is 0 Å². The number of thiophene rings is 1. The first-order chi connectivity index (χ1) is 8.65. The van der Waals surface area contributed by atoms with Gasteiger partial charge in [-0.25, -0.2) is 4.98 Å². The molecule has 0 atom stereocenters. The summed E-state index contributed by atoms with van der Waals surface area (Å²) in [5.41, 5.74) is 0.899. The number of nitrogens with zero attached hydrogens (tertiary/aromatic N) is 1. The second-order valence-electron chi connectivity index (χ2n) is 4.11. The van der Waals surface area contributed by atoms with E-state index in [1.54, 1.807) is 17.5 Å². The van der Waals surface area contributed by atoms with E-state index in [1.807, 2.05) is 37.4 Å². The van der Waals surface area contributed by atoms with Crippen LogP contribution in [0.4, 0.5) is 5.69 Å². The van der Waals surface area contributed by atoms with Gasteiger partial charge in [-0.2, -0.15) is 0 Å². The van der Waals surface area contributed by atoms with Crippen LogP contribution in [-0.4, -0.2) is 11.1 Å². The number of pyridine rings is 1. The van der Waals surface area contributed by atoms with Crippen LogP contribution in [0.5, 0.6) is 5.88 Å². The quantitative estimate of drug-likeness (QED) is 0.893. The molecular formula is C13H15ClN2OS. The van der Waals surface area contributed by atoms with E-state index in [9.17, 15) is 0 Å². The summed E-state index contributed by atoms with van der Waals surface area (Å²) in [4.78, 5) is 5.41. The van der Waals surface area contributed by atoms with Gasteiger partial charge in [-0.1, -0.05) is 11.6 Å². The molecule has 0 radical (unpaired) electrons. The van der Waals surface area contributed by atoms with Gasteiger partial charge < -0.3 is 10.1 Å². The number of nitrogens with one attached hydrogen (secondary N) is 1. The van der Waals surface area contributed by atoms with Gasteiger partial charge in [0.1, 0.15) is 0 Å². The molecule has 0 aliphatic heterocycles. The molecule has 5 heteroatoms. The Morgan fingerprint density at radius 3 is 3.00 bits per heavy atom. The lowest BCUT2D eigenvalue weighted by molar-refractivity contribution is 0.234. The van der Waals surface area contributed by atoms with Gasteiger partial charge in [0.2, 0.25) is 5.88 Å². The standard InChI is InChI=1S/C13H15ClN2OS/c1-9(2)17-13-12(4-3-5-15-13)16-7-11-6-10(14)8-18-11/h3-6,8-9,16H,7H2,1-2H3. The van der Waals surface area contributed by atoms with Crippen molar-refractivity contribution in [2.45, 2.75) is 26.5 Å². The summed E-state index contributed by atoms with van der Waals surface area (Å²) < 4.78 is 5.64. The third-order valence-corrected chi connectivity index (χ3v) is 3.48. The second-order valence-corrected chi connectivity index (χ2v) is 5.54. The van der Waals surface area contributed by atoms with Crippen molar-refractivity contribution in [3.05, 3.63) is 39.7 Å². The maximum Gasteiger partial charge on any atom is 0.237 e. The predicted molar refractivity (Wildman–Crippen MR) is 76.7 cm³/mol. The minimum atomic E-state index is 0.108. The lowest BCUT2D eigenvalue weighted by atomic mass is 10.3. The third kappa shape index (κ3) is 3.62. The van der Waals surface area contributed by atoms with Crippen molar-refractivity contribution < 1.29 is 4.74 Å². The van der Waals surface area contributed by atoms with Gasteiger partial charge in [-0.15, -0.1) is 11.3 Å². The molecule has 2 aromatic heterocycles. The average Bonchev–Trinajstić information content (AvgIpc) is 2.73. The first-order valence-electron chi connectivity index (χ1n) is 5.73. The summed E-state index contributed by atoms with van der Waals surface area (Å²) in [6, 6.07) is 5.80. The fraction of sp³-hybridized carbons (Fsp3) is 0.308. The van der Waals surface area contributed by atoms with Gasteiger partial charge in [0.25, 0.3) is 0 Å². The molecule has 0 aromatic carbocycles. The van der Waals surface area contributed by atoms with Crippen molar-refractivity contribution >= 4 is 28.6 Å². The van der Waals surface area contributed by atoms with Crippen molar-refractivity contribution in [2.24, 2.45) is 0 Å². The largest absolute Gasteiger partial charge is 0.473 e. The minimum absolute atomic E-state index is 0.108. The lowest BCUT2D eigenvalue weighted by Gasteiger charge is -2.13. The molecule has 0 bridgehead atoms. The fourth-order valence-corrected chi connectivity index (χ4v) is 2.48. The Balaban J connectivity index is 2.04. The second kappa shape index (κ2) is 6.07. The molecule has 1 N–H and O–H groups in total. The van der Waals surface area contributed by atoms with Gasteiger partial charge in [-0.3, -0.25) is 0 Å². The molecule has 2 aromatic rings. The Morgan fingerprint density at radius 1 is 1.50 bits per heavy atom. The summed E-state index contributed by atoms with van der Waals surface area (Å²) in [5, 5.41) is 6.02. The van der Waals surface area contributed by atoms with E-state index >= 15 is 0 Å². The molecule has 18 heavy (non-hydrogen) atoms. The van der Waals surface area contributed by atoms with Crippen molar-refractivity contribution in [3.8, 4) is 5.88 Å². The molecule has 0 spiro atoms. The SMILES string of the molecule is CC(C)Oc1ncccc1NCc1cc(Cl)cs1. The summed E-state index contributed by atoms with van der Waals surface area (Å²) >= 11 is 7.52. The molecule has 96 valence electrons. The van der Waals surface area contributed by atoms with E-state index in [0.29, 0.717) is 5.88 Å². The molecule has 0 saturated carbocycles. The summed E-state index contributed by atoms with van der Waals surface area (Å²) in [5.74, 6) is 0.634. The predicted octanol–water partition coefficient (Wildman–Crippen LogP) is 4.20. The highest BCUT2D eigenvalue weighted by atomic mass is 35.5. The van der Waals surface area contributed by atoms with Crippen LogP contribution in [0.15, 0.2) is 29.8 Å². The monoisotopic (exact) mass is 282 g/mol. The molecule has 0 amide bonds. The molecule has 0 fully saturated rings. The molecule has 2 rings (SSSR count). The van der Waals surface area contributed by atoms with Crippen LogP contribution in [0.1, 0.15) is 18.7 Å². The van der Waals surface area contributed by atoms with E-state index in [1.165, 1.54) is 4.88 Å². The summed E-state index contributed by atoms with van der Waals surface area (Å²) in [7, 11) is 0. The van der Waals surface area contributed by atoms with E-state index in [-0.39, 0.29) is 6.10 Å². The van der Waals surface area contributed by atoms with Crippen LogP contribution in [0.3, 0.4) is 0 Å². The molecule has 0 aliphatic rings. The smallest absolute Gasteiger partial charge is 0.237 e. The minimum Gasteiger partial charge on any atom is -0.473 e. The maximum absolute atomic E-state index is 5.89. The maximum atomic E-state index is 5.89. The highest BCUT2D eigenvalue weighted by Crippen LogP contribution is 2.24. The van der Waals surface area contributed by atoms with E-state index in [0.717, 1.165) is 17.3 Å². The van der Waals surface area contributed by atoms with Crippen LogP contribution in [0.2, 0.25) is 5.02 Å². The number of hydrogen-bond donors (Lipinski definition) is 1. The lowest BCUT2D eigenvalue weighted by Crippen LogP contribution is -2.09. The Hall–Kier alpha value is -1.26. The first-order valence-corrected chi connectivity index (χ1v) is 6.99. The molecule has 3 nitrogen and oxygen atoms in total. The van der Waals surface area contributed by atoms with Gasteiger partial charge in [0, 0.05) is 23.0 Å². The Kier molecular flexibility index (Phi) is 4.44. The Bertz CT molecular complexity index is 513. The first kappa shape index (κ1) is 13.2. The number of hydrogen-bond acceptors (Lipinski definition) is 4. The Labute approximate surface area is 116 Å². The number of ether oxygens (including phenoxy) is 1. The van der Waals surface area contributed by atoms with E-state index in [4.69, 9.17) is 16.3 Å². The number of rotatable bonds is 5. The van der Waals surface area contributed by atoms with Crippen molar-refractivity contribution in [3.63, 3.8) is 0 Å². The van der Waals surface area contributed by atoms with Crippen LogP contribution >= 0.6 is 22.9 Å². The van der Waals surface area contributed by atoms with Gasteiger partial charge in [-0.05, 0) is 32.0 Å². The highest BCUT2D eigenvalue weighted by Gasteiger charge is 2.06. The van der Waals surface area contributed by atoms with Crippen LogP contribution in [-0.2, 0) is 6.54 Å². The molecular weight excluding hydrogens is 268 g/mol. The van der Waals surface area contributed by atoms with Gasteiger partial charge in [0.05, 0.1) is 16.8 Å². The van der Waals surface area contributed by atoms with Gasteiger partial charge in [0.15, 0.2) is 0 Å². The number of aromatic nitrogens is 1. The van der Waals surface area contributed by atoms with E-state index < -0.39 is 0 Å². The number of anilines is 1. The number of halogens is 1. The fourth-order valence-electron chi connectivity index (χ4n) is 1.47. The van der Waals surface area contributed by atoms with Crippen LogP contribution < -0.4 is 10.1 Å². The van der Waals surface area contributed by atoms with E-state index in [2.05, 4.69) is 10.3 Å². The van der Waals surface area contributed by atoms with Crippen molar-refractivity contribution in [1.82, 2.24) is 4.98 Å². The van der Waals surface area contributed by atoms with Crippen molar-refractivity contribution in [2.75, 3.05) is 5.32 Å². The Morgan fingerprint density at radius 2 is 2.33 bits per heavy atom. The molecule has 0 saturated heterocycles. The molecule has 0 unspecified atom stereocenters. The highest BCUT2D eigenvalue weighted by molar-refractivity contribution is 7.10. The van der Waals surface area contributed by atoms with Gasteiger partial charge >= 0.3 is 0 Å². The average molecular weight is 283 g/mol. The summed E-state index contributed by atoms with van der Waals surface area (Å²) in [6.07, 6.45) is 1.84. The topological polar surface area (TPSA) is 34.1 Å². The zero-order chi connectivity index (χ0) is 13.0. The third-order valence-electron chi connectivity index (χ3n) is 2.19.